The van der Waals surface area contributed by atoms with Crippen LogP contribution in [-0.2, 0) is 9.47 Å². The lowest BCUT2D eigenvalue weighted by atomic mass is 10.0. The van der Waals surface area contributed by atoms with Gasteiger partial charge in [0.1, 0.15) is 0 Å². The van der Waals surface area contributed by atoms with Crippen LogP contribution < -0.4 is 10.6 Å². The Bertz CT molecular complexity index is 478. The Morgan fingerprint density at radius 1 is 1.48 bits per heavy atom. The number of ether oxygens (including phenoxy) is 2. The van der Waals surface area contributed by atoms with E-state index in [4.69, 9.17) is 15.2 Å². The Hall–Kier alpha value is -1.59. The molecule has 116 valence electrons. The number of carbonyl (C=O) groups excluding carboxylic acids is 1. The van der Waals surface area contributed by atoms with E-state index in [0.717, 1.165) is 38.2 Å². The van der Waals surface area contributed by atoms with Crippen LogP contribution in [0.1, 0.15) is 30.1 Å². The molecule has 21 heavy (non-hydrogen) atoms. The summed E-state index contributed by atoms with van der Waals surface area (Å²) in [6, 6.07) is 7.57. The van der Waals surface area contributed by atoms with Gasteiger partial charge >= 0.3 is 5.97 Å². The van der Waals surface area contributed by atoms with Crippen molar-refractivity contribution in [2.24, 2.45) is 5.73 Å². The molecule has 0 amide bonds. The number of rotatable bonds is 5. The molecule has 1 fully saturated rings. The summed E-state index contributed by atoms with van der Waals surface area (Å²) in [5.74, 6) is -0.315. The summed E-state index contributed by atoms with van der Waals surface area (Å²) >= 11 is 0. The van der Waals surface area contributed by atoms with Gasteiger partial charge in [-0.15, -0.1) is 0 Å². The molecule has 2 N–H and O–H groups in total. The molecule has 0 radical (unpaired) electrons. The van der Waals surface area contributed by atoms with Crippen molar-refractivity contribution in [3.8, 4) is 0 Å². The molecule has 0 aromatic heterocycles. The molecule has 5 nitrogen and oxygen atoms in total. The summed E-state index contributed by atoms with van der Waals surface area (Å²) in [6.07, 6.45) is 1.92. The fourth-order valence-corrected chi connectivity index (χ4v) is 2.56. The van der Waals surface area contributed by atoms with Crippen LogP contribution in [0.5, 0.6) is 0 Å². The van der Waals surface area contributed by atoms with Gasteiger partial charge in [0.05, 0.1) is 18.8 Å². The maximum Gasteiger partial charge on any atom is 0.337 e. The lowest BCUT2D eigenvalue weighted by Crippen LogP contribution is -2.52. The number of benzene rings is 1. The van der Waals surface area contributed by atoms with Gasteiger partial charge in [-0.25, -0.2) is 4.79 Å². The number of piperidine rings is 1. The lowest BCUT2D eigenvalue weighted by Gasteiger charge is -2.38. The number of nitrogens with zero attached hydrogens (tertiary/aromatic N) is 1. The van der Waals surface area contributed by atoms with Crippen molar-refractivity contribution in [1.82, 2.24) is 0 Å². The molecule has 1 aliphatic heterocycles. The highest BCUT2D eigenvalue weighted by molar-refractivity contribution is 5.90. The average molecular weight is 292 g/mol. The van der Waals surface area contributed by atoms with Gasteiger partial charge in [-0.2, -0.15) is 0 Å². The third-order valence-corrected chi connectivity index (χ3v) is 3.78. The lowest BCUT2D eigenvalue weighted by molar-refractivity contribution is 0.0310. The molecule has 1 aromatic rings. The SMILES string of the molecule is CCCO[C@@H]1CN(c2cccc(C(=O)OC)c2)CC[C@@H]1N. The first-order chi connectivity index (χ1) is 10.2. The molecule has 5 heteroatoms. The van der Waals surface area contributed by atoms with E-state index in [1.807, 2.05) is 18.2 Å². The van der Waals surface area contributed by atoms with Gasteiger partial charge in [0.25, 0.3) is 0 Å². The molecule has 0 aliphatic carbocycles. The summed E-state index contributed by atoms with van der Waals surface area (Å²) in [6.45, 7) is 4.45. The van der Waals surface area contributed by atoms with E-state index in [2.05, 4.69) is 11.8 Å². The minimum absolute atomic E-state index is 0.0421. The van der Waals surface area contributed by atoms with Crippen molar-refractivity contribution in [3.05, 3.63) is 29.8 Å². The van der Waals surface area contributed by atoms with E-state index in [9.17, 15) is 4.79 Å². The number of anilines is 1. The van der Waals surface area contributed by atoms with E-state index in [1.54, 1.807) is 6.07 Å². The van der Waals surface area contributed by atoms with Gasteiger partial charge in [0.15, 0.2) is 0 Å². The van der Waals surface area contributed by atoms with Gasteiger partial charge in [-0.05, 0) is 31.0 Å². The zero-order valence-electron chi connectivity index (χ0n) is 12.7. The van der Waals surface area contributed by atoms with Crippen LogP contribution in [0.3, 0.4) is 0 Å². The Morgan fingerprint density at radius 2 is 2.29 bits per heavy atom. The third-order valence-electron chi connectivity index (χ3n) is 3.78. The summed E-state index contributed by atoms with van der Waals surface area (Å²) in [4.78, 5) is 13.8. The molecule has 1 heterocycles. The molecule has 0 bridgehead atoms. The van der Waals surface area contributed by atoms with Crippen LogP contribution in [0.25, 0.3) is 0 Å². The van der Waals surface area contributed by atoms with Crippen molar-refractivity contribution in [2.45, 2.75) is 31.9 Å². The maximum atomic E-state index is 11.6. The Balaban J connectivity index is 2.09. The van der Waals surface area contributed by atoms with Crippen molar-refractivity contribution in [3.63, 3.8) is 0 Å². The van der Waals surface area contributed by atoms with Crippen LogP contribution in [0.15, 0.2) is 24.3 Å². The van der Waals surface area contributed by atoms with Gasteiger partial charge in [-0.3, -0.25) is 0 Å². The molecule has 2 atom stereocenters. The van der Waals surface area contributed by atoms with Crippen LogP contribution in [0.2, 0.25) is 0 Å². The molecule has 1 aliphatic rings. The number of methoxy groups -OCH3 is 1. The first-order valence-electron chi connectivity index (χ1n) is 7.46. The second kappa shape index (κ2) is 7.43. The van der Waals surface area contributed by atoms with Gasteiger partial charge in [0, 0.05) is 31.4 Å². The number of carbonyl (C=O) groups is 1. The van der Waals surface area contributed by atoms with E-state index in [-0.39, 0.29) is 18.1 Å². The molecule has 0 spiro atoms. The zero-order chi connectivity index (χ0) is 15.2. The van der Waals surface area contributed by atoms with E-state index < -0.39 is 0 Å². The van der Waals surface area contributed by atoms with Crippen LogP contribution in [0, 0.1) is 0 Å². The van der Waals surface area contributed by atoms with E-state index in [1.165, 1.54) is 7.11 Å². The second-order valence-corrected chi connectivity index (χ2v) is 5.35. The van der Waals surface area contributed by atoms with Crippen LogP contribution >= 0.6 is 0 Å². The highest BCUT2D eigenvalue weighted by atomic mass is 16.5. The van der Waals surface area contributed by atoms with E-state index in [0.29, 0.717) is 5.56 Å². The molecule has 0 unspecified atom stereocenters. The summed E-state index contributed by atoms with van der Waals surface area (Å²) in [5, 5.41) is 0. The minimum atomic E-state index is -0.315. The normalized spacial score (nSPS) is 22.1. The average Bonchev–Trinajstić information content (AvgIpc) is 2.53. The Labute approximate surface area is 126 Å². The Morgan fingerprint density at radius 3 is 3.00 bits per heavy atom. The minimum Gasteiger partial charge on any atom is -0.465 e. The first-order valence-corrected chi connectivity index (χ1v) is 7.46. The fourth-order valence-electron chi connectivity index (χ4n) is 2.56. The summed E-state index contributed by atoms with van der Waals surface area (Å²) in [7, 11) is 1.39. The first kappa shape index (κ1) is 15.8. The largest absolute Gasteiger partial charge is 0.465 e. The number of hydrogen-bond donors (Lipinski definition) is 1. The fraction of sp³-hybridized carbons (Fsp3) is 0.562. The monoisotopic (exact) mass is 292 g/mol. The van der Waals surface area contributed by atoms with Crippen molar-refractivity contribution in [1.29, 1.82) is 0 Å². The molecule has 2 rings (SSSR count). The predicted octanol–water partition coefficient (Wildman–Crippen LogP) is 1.81. The molecular formula is C16H24N2O3. The topological polar surface area (TPSA) is 64.8 Å². The zero-order valence-corrected chi connectivity index (χ0v) is 12.7. The van der Waals surface area contributed by atoms with Crippen molar-refractivity contribution in [2.75, 3.05) is 31.7 Å². The standard InChI is InChI=1S/C16H24N2O3/c1-3-9-21-15-11-18(8-7-14(15)17)13-6-4-5-12(10-13)16(19)20-2/h4-6,10,14-15H,3,7-9,11,17H2,1-2H3/t14-,15+/m0/s1. The second-order valence-electron chi connectivity index (χ2n) is 5.35. The molecule has 0 saturated carbocycles. The van der Waals surface area contributed by atoms with Crippen LogP contribution in [-0.4, -0.2) is 44.9 Å². The predicted molar refractivity (Wildman–Crippen MR) is 82.6 cm³/mol. The molecule has 1 saturated heterocycles. The quantitative estimate of drug-likeness (QED) is 0.838. The molecular weight excluding hydrogens is 268 g/mol. The van der Waals surface area contributed by atoms with Gasteiger partial charge in [-0.1, -0.05) is 13.0 Å². The number of nitrogens with two attached hydrogens (primary N) is 1. The highest BCUT2D eigenvalue weighted by Crippen LogP contribution is 2.22. The number of hydrogen-bond acceptors (Lipinski definition) is 5. The summed E-state index contributed by atoms with van der Waals surface area (Å²) in [5.41, 5.74) is 7.71. The van der Waals surface area contributed by atoms with E-state index >= 15 is 0 Å². The Kier molecular flexibility index (Phi) is 5.59. The summed E-state index contributed by atoms with van der Waals surface area (Å²) < 4.78 is 10.6. The highest BCUT2D eigenvalue weighted by Gasteiger charge is 2.27. The third kappa shape index (κ3) is 3.95. The van der Waals surface area contributed by atoms with Gasteiger partial charge < -0.3 is 20.1 Å². The van der Waals surface area contributed by atoms with Crippen LogP contribution in [0.4, 0.5) is 5.69 Å². The molecule has 1 aromatic carbocycles. The maximum absolute atomic E-state index is 11.6. The van der Waals surface area contributed by atoms with Crippen molar-refractivity contribution >= 4 is 11.7 Å². The smallest absolute Gasteiger partial charge is 0.337 e. The van der Waals surface area contributed by atoms with Crippen molar-refractivity contribution < 1.29 is 14.3 Å². The number of esters is 1. The van der Waals surface area contributed by atoms with Gasteiger partial charge in [0.2, 0.25) is 0 Å².